The first-order valence-electron chi connectivity index (χ1n) is 8.95. The minimum atomic E-state index is -4.62. The number of rotatable bonds is 6. The van der Waals surface area contributed by atoms with Crippen molar-refractivity contribution in [2.45, 2.75) is 31.6 Å². The highest BCUT2D eigenvalue weighted by atomic mass is 35.5. The molecule has 2 heterocycles. The van der Waals surface area contributed by atoms with E-state index in [1.807, 2.05) is 0 Å². The van der Waals surface area contributed by atoms with Crippen LogP contribution in [0.1, 0.15) is 24.2 Å². The zero-order valence-corrected chi connectivity index (χ0v) is 16.0. The number of nitrogens with one attached hydrogen (secondary N) is 2. The summed E-state index contributed by atoms with van der Waals surface area (Å²) in [5, 5.41) is 4.76. The van der Waals surface area contributed by atoms with Gasteiger partial charge < -0.3 is 15.1 Å². The molecule has 1 aliphatic heterocycles. The predicted octanol–water partition coefficient (Wildman–Crippen LogP) is 3.67. The van der Waals surface area contributed by atoms with E-state index >= 15 is 0 Å². The molecule has 2 N–H and O–H groups in total. The first-order valence-corrected chi connectivity index (χ1v) is 9.32. The summed E-state index contributed by atoms with van der Waals surface area (Å²) in [5.41, 5.74) is -1.03. The summed E-state index contributed by atoms with van der Waals surface area (Å²) in [4.78, 5) is 26.4. The van der Waals surface area contributed by atoms with Crippen LogP contribution in [-0.2, 0) is 22.3 Å². The van der Waals surface area contributed by atoms with Gasteiger partial charge in [-0.2, -0.15) is 13.2 Å². The van der Waals surface area contributed by atoms with Crippen molar-refractivity contribution in [2.24, 2.45) is 0 Å². The second-order valence-corrected chi connectivity index (χ2v) is 7.07. The zero-order valence-electron chi connectivity index (χ0n) is 15.3. The van der Waals surface area contributed by atoms with Crippen LogP contribution in [-0.4, -0.2) is 35.8 Å². The van der Waals surface area contributed by atoms with Gasteiger partial charge in [0.05, 0.1) is 36.0 Å². The van der Waals surface area contributed by atoms with Crippen LogP contribution < -0.4 is 10.6 Å². The second-order valence-electron chi connectivity index (χ2n) is 6.67. The minimum absolute atomic E-state index is 0.00950. The molecule has 2 aromatic rings. The van der Waals surface area contributed by atoms with Gasteiger partial charge in [0, 0.05) is 5.69 Å². The first-order chi connectivity index (χ1) is 13.7. The van der Waals surface area contributed by atoms with Crippen LogP contribution in [0.3, 0.4) is 0 Å². The van der Waals surface area contributed by atoms with E-state index < -0.39 is 28.7 Å². The average molecular weight is 430 g/mol. The van der Waals surface area contributed by atoms with Crippen molar-refractivity contribution in [1.29, 1.82) is 0 Å². The fourth-order valence-electron chi connectivity index (χ4n) is 3.22. The SMILES string of the molecule is O=C(CN1CCCC1C(=O)NCc1ccco1)Nc1ccc(Cl)c(C(F)(F)F)c1. The summed E-state index contributed by atoms with van der Waals surface area (Å²) < 4.78 is 44.0. The van der Waals surface area contributed by atoms with Crippen LogP contribution in [0.2, 0.25) is 5.02 Å². The second kappa shape index (κ2) is 8.87. The summed E-state index contributed by atoms with van der Waals surface area (Å²) >= 11 is 5.58. The number of benzene rings is 1. The average Bonchev–Trinajstić information content (AvgIpc) is 3.32. The smallest absolute Gasteiger partial charge is 0.417 e. The number of alkyl halides is 3. The molecule has 1 atom stereocenters. The third kappa shape index (κ3) is 5.51. The lowest BCUT2D eigenvalue weighted by molar-refractivity contribution is -0.137. The highest BCUT2D eigenvalue weighted by Crippen LogP contribution is 2.36. The number of hydrogen-bond donors (Lipinski definition) is 2. The summed E-state index contributed by atoms with van der Waals surface area (Å²) in [6, 6.07) is 6.15. The molecular weight excluding hydrogens is 411 g/mol. The van der Waals surface area contributed by atoms with Crippen molar-refractivity contribution in [2.75, 3.05) is 18.4 Å². The Bertz CT molecular complexity index is 871. The number of carbonyl (C=O) groups is 2. The zero-order chi connectivity index (χ0) is 21.0. The van der Waals surface area contributed by atoms with E-state index in [1.165, 1.54) is 12.3 Å². The number of nitrogens with zero attached hydrogens (tertiary/aromatic N) is 1. The molecule has 0 bridgehead atoms. The van der Waals surface area contributed by atoms with E-state index in [0.29, 0.717) is 18.7 Å². The maximum atomic E-state index is 13.0. The first kappa shape index (κ1) is 21.2. The number of furan rings is 1. The number of hydrogen-bond acceptors (Lipinski definition) is 4. The van der Waals surface area contributed by atoms with Gasteiger partial charge in [0.1, 0.15) is 5.76 Å². The molecule has 1 aromatic carbocycles. The van der Waals surface area contributed by atoms with Crippen LogP contribution in [0, 0.1) is 0 Å². The van der Waals surface area contributed by atoms with Crippen molar-refractivity contribution in [3.63, 3.8) is 0 Å². The largest absolute Gasteiger partial charge is 0.467 e. The molecule has 2 amide bonds. The Morgan fingerprint density at radius 2 is 2.07 bits per heavy atom. The summed E-state index contributed by atoms with van der Waals surface area (Å²) in [7, 11) is 0. The van der Waals surface area contributed by atoms with Gasteiger partial charge in [0.25, 0.3) is 0 Å². The molecule has 0 spiro atoms. The van der Waals surface area contributed by atoms with E-state index in [-0.39, 0.29) is 24.7 Å². The summed E-state index contributed by atoms with van der Waals surface area (Å²) in [5.74, 6) is -0.118. The normalized spacial score (nSPS) is 17.3. The van der Waals surface area contributed by atoms with Gasteiger partial charge in [0.15, 0.2) is 0 Å². The monoisotopic (exact) mass is 429 g/mol. The summed E-state index contributed by atoms with van der Waals surface area (Å²) in [6.07, 6.45) is -1.78. The van der Waals surface area contributed by atoms with Crippen molar-refractivity contribution in [1.82, 2.24) is 10.2 Å². The molecule has 1 unspecified atom stereocenters. The van der Waals surface area contributed by atoms with Gasteiger partial charge in [0.2, 0.25) is 11.8 Å². The van der Waals surface area contributed by atoms with Gasteiger partial charge in [-0.15, -0.1) is 0 Å². The fourth-order valence-corrected chi connectivity index (χ4v) is 3.45. The number of amides is 2. The molecule has 1 fully saturated rings. The van der Waals surface area contributed by atoms with Crippen molar-refractivity contribution >= 4 is 29.1 Å². The molecule has 10 heteroatoms. The molecule has 1 saturated heterocycles. The molecule has 1 aliphatic rings. The van der Waals surface area contributed by atoms with E-state index in [2.05, 4.69) is 10.6 Å². The molecule has 156 valence electrons. The summed E-state index contributed by atoms with van der Waals surface area (Å²) in [6.45, 7) is 0.677. The molecule has 3 rings (SSSR count). The maximum absolute atomic E-state index is 13.0. The molecule has 0 aliphatic carbocycles. The quantitative estimate of drug-likeness (QED) is 0.734. The standard InChI is InChI=1S/C19H19ClF3N3O3/c20-15-6-5-12(9-14(15)19(21,22)23)25-17(27)11-26-7-1-4-16(26)18(28)24-10-13-3-2-8-29-13/h2-3,5-6,8-9,16H,1,4,7,10-11H2,(H,24,28)(H,25,27). The lowest BCUT2D eigenvalue weighted by Gasteiger charge is -2.23. The van der Waals surface area contributed by atoms with Gasteiger partial charge in [-0.05, 0) is 49.7 Å². The van der Waals surface area contributed by atoms with Gasteiger partial charge in [-0.25, -0.2) is 0 Å². The Labute approximate surface area is 170 Å². The van der Waals surface area contributed by atoms with E-state index in [1.54, 1.807) is 17.0 Å². The lowest BCUT2D eigenvalue weighted by atomic mass is 10.2. The Balaban J connectivity index is 1.57. The number of carbonyl (C=O) groups excluding carboxylic acids is 2. The van der Waals surface area contributed by atoms with Crippen molar-refractivity contribution in [3.8, 4) is 0 Å². The van der Waals surface area contributed by atoms with Crippen LogP contribution in [0.4, 0.5) is 18.9 Å². The van der Waals surface area contributed by atoms with Crippen LogP contribution >= 0.6 is 11.6 Å². The minimum Gasteiger partial charge on any atom is -0.467 e. The molecule has 0 radical (unpaired) electrons. The van der Waals surface area contributed by atoms with Crippen LogP contribution in [0.25, 0.3) is 0 Å². The number of halogens is 4. The van der Waals surface area contributed by atoms with Gasteiger partial charge >= 0.3 is 6.18 Å². The maximum Gasteiger partial charge on any atom is 0.417 e. The van der Waals surface area contributed by atoms with Crippen molar-refractivity contribution in [3.05, 3.63) is 52.9 Å². The van der Waals surface area contributed by atoms with Gasteiger partial charge in [-0.3, -0.25) is 14.5 Å². The van der Waals surface area contributed by atoms with E-state index in [9.17, 15) is 22.8 Å². The predicted molar refractivity (Wildman–Crippen MR) is 100 cm³/mol. The highest BCUT2D eigenvalue weighted by Gasteiger charge is 2.34. The Morgan fingerprint density at radius 1 is 1.28 bits per heavy atom. The molecular formula is C19H19ClF3N3O3. The molecule has 29 heavy (non-hydrogen) atoms. The van der Waals surface area contributed by atoms with E-state index in [0.717, 1.165) is 18.6 Å². The third-order valence-electron chi connectivity index (χ3n) is 4.59. The van der Waals surface area contributed by atoms with Crippen LogP contribution in [0.15, 0.2) is 41.0 Å². The fraction of sp³-hybridized carbons (Fsp3) is 0.368. The van der Waals surface area contributed by atoms with Crippen LogP contribution in [0.5, 0.6) is 0 Å². The number of anilines is 1. The Hall–Kier alpha value is -2.52. The molecule has 6 nitrogen and oxygen atoms in total. The number of likely N-dealkylation sites (tertiary alicyclic amines) is 1. The lowest BCUT2D eigenvalue weighted by Crippen LogP contribution is -2.45. The van der Waals surface area contributed by atoms with E-state index in [4.69, 9.17) is 16.0 Å². The van der Waals surface area contributed by atoms with Gasteiger partial charge in [-0.1, -0.05) is 11.6 Å². The highest BCUT2D eigenvalue weighted by molar-refractivity contribution is 6.31. The third-order valence-corrected chi connectivity index (χ3v) is 4.92. The van der Waals surface area contributed by atoms with Crippen molar-refractivity contribution < 1.29 is 27.2 Å². The topological polar surface area (TPSA) is 74.6 Å². The Kier molecular flexibility index (Phi) is 6.49. The molecule has 1 aromatic heterocycles. The Morgan fingerprint density at radius 3 is 2.76 bits per heavy atom. The molecule has 0 saturated carbocycles.